The average molecular weight is 382 g/mol. The fourth-order valence-corrected chi connectivity index (χ4v) is 4.57. The lowest BCUT2D eigenvalue weighted by Gasteiger charge is -2.26. The molecule has 1 heterocycles. The van der Waals surface area contributed by atoms with Crippen LogP contribution in [0.5, 0.6) is 0 Å². The van der Waals surface area contributed by atoms with Crippen LogP contribution in [0.3, 0.4) is 0 Å². The van der Waals surface area contributed by atoms with Gasteiger partial charge in [0.15, 0.2) is 9.84 Å². The number of esters is 1. The third-order valence-corrected chi connectivity index (χ3v) is 5.81. The Morgan fingerprint density at radius 2 is 1.96 bits per heavy atom. The Kier molecular flexibility index (Phi) is 6.36. The summed E-state index contributed by atoms with van der Waals surface area (Å²) in [7, 11) is -3.18. The molecule has 1 aromatic rings. The number of hydrogen-bond donors (Lipinski definition) is 1. The van der Waals surface area contributed by atoms with Crippen molar-refractivity contribution in [2.45, 2.75) is 26.3 Å². The van der Waals surface area contributed by atoms with E-state index in [1.165, 1.54) is 17.9 Å². The SMILES string of the molecule is CCOC(=O)c1ccccc1NC(=O)CN(C(C)=O)C1CCS(=O)(=O)C1. The minimum absolute atomic E-state index is 0.00869. The van der Waals surface area contributed by atoms with Gasteiger partial charge in [-0.1, -0.05) is 12.1 Å². The van der Waals surface area contributed by atoms with Gasteiger partial charge in [0.05, 0.1) is 29.4 Å². The highest BCUT2D eigenvalue weighted by Gasteiger charge is 2.34. The summed E-state index contributed by atoms with van der Waals surface area (Å²) in [5.41, 5.74) is 0.485. The average Bonchev–Trinajstić information content (AvgIpc) is 2.92. The Labute approximate surface area is 152 Å². The van der Waals surface area contributed by atoms with Crippen molar-refractivity contribution in [2.75, 3.05) is 30.0 Å². The van der Waals surface area contributed by atoms with Gasteiger partial charge < -0.3 is 15.0 Å². The molecular weight excluding hydrogens is 360 g/mol. The fourth-order valence-electron chi connectivity index (χ4n) is 2.84. The lowest BCUT2D eigenvalue weighted by molar-refractivity contribution is -0.134. The standard InChI is InChI=1S/C17H22N2O6S/c1-3-25-17(22)14-6-4-5-7-15(14)18-16(21)10-19(12(2)20)13-8-9-26(23,24)11-13/h4-7,13H,3,8-11H2,1-2H3,(H,18,21). The van der Waals surface area contributed by atoms with E-state index in [0.29, 0.717) is 6.42 Å². The highest BCUT2D eigenvalue weighted by Crippen LogP contribution is 2.19. The number of nitrogens with one attached hydrogen (secondary N) is 1. The topological polar surface area (TPSA) is 110 Å². The zero-order valence-electron chi connectivity index (χ0n) is 14.7. The Morgan fingerprint density at radius 1 is 1.27 bits per heavy atom. The van der Waals surface area contributed by atoms with Crippen LogP contribution in [0.25, 0.3) is 0 Å². The molecule has 2 rings (SSSR count). The van der Waals surface area contributed by atoms with E-state index in [-0.39, 0.29) is 41.8 Å². The van der Waals surface area contributed by atoms with Gasteiger partial charge in [0.25, 0.3) is 0 Å². The predicted molar refractivity (Wildman–Crippen MR) is 95.5 cm³/mol. The molecule has 8 nitrogen and oxygen atoms in total. The zero-order chi connectivity index (χ0) is 19.3. The van der Waals surface area contributed by atoms with Crippen LogP contribution in [0.4, 0.5) is 5.69 Å². The second-order valence-electron chi connectivity index (χ2n) is 6.02. The van der Waals surface area contributed by atoms with Crippen molar-refractivity contribution < 1.29 is 27.5 Å². The largest absolute Gasteiger partial charge is 0.462 e. The predicted octanol–water partition coefficient (Wildman–Crippen LogP) is 0.837. The van der Waals surface area contributed by atoms with E-state index in [4.69, 9.17) is 4.74 Å². The molecule has 1 atom stereocenters. The summed E-state index contributed by atoms with van der Waals surface area (Å²) in [5, 5.41) is 2.60. The number of nitrogens with zero attached hydrogens (tertiary/aromatic N) is 1. The van der Waals surface area contributed by atoms with Crippen molar-refractivity contribution in [1.29, 1.82) is 0 Å². The summed E-state index contributed by atoms with van der Waals surface area (Å²) in [6.45, 7) is 2.90. The Balaban J connectivity index is 2.10. The summed E-state index contributed by atoms with van der Waals surface area (Å²) in [6, 6.07) is 5.88. The Hall–Kier alpha value is -2.42. The van der Waals surface area contributed by atoms with E-state index in [1.807, 2.05) is 0 Å². The molecule has 26 heavy (non-hydrogen) atoms. The van der Waals surface area contributed by atoms with Gasteiger partial charge in [-0.3, -0.25) is 9.59 Å². The lowest BCUT2D eigenvalue weighted by atomic mass is 10.1. The first-order valence-electron chi connectivity index (χ1n) is 8.27. The fraction of sp³-hybridized carbons (Fsp3) is 0.471. The van der Waals surface area contributed by atoms with E-state index < -0.39 is 27.8 Å². The summed E-state index contributed by atoms with van der Waals surface area (Å²) in [6.07, 6.45) is 0.314. The molecule has 0 spiro atoms. The van der Waals surface area contributed by atoms with Crippen LogP contribution >= 0.6 is 0 Å². The number of hydrogen-bond acceptors (Lipinski definition) is 6. The number of anilines is 1. The molecule has 0 radical (unpaired) electrons. The van der Waals surface area contributed by atoms with Gasteiger partial charge in [-0.25, -0.2) is 13.2 Å². The molecule has 0 saturated carbocycles. The second-order valence-corrected chi connectivity index (χ2v) is 8.25. The summed E-state index contributed by atoms with van der Waals surface area (Å²) in [4.78, 5) is 37.4. The molecule has 0 aromatic heterocycles. The Bertz CT molecular complexity index is 805. The quantitative estimate of drug-likeness (QED) is 0.730. The molecule has 1 aromatic carbocycles. The Morgan fingerprint density at radius 3 is 2.54 bits per heavy atom. The minimum Gasteiger partial charge on any atom is -0.462 e. The van der Waals surface area contributed by atoms with Gasteiger partial charge in [0, 0.05) is 13.0 Å². The van der Waals surface area contributed by atoms with Gasteiger partial charge in [-0.15, -0.1) is 0 Å². The van der Waals surface area contributed by atoms with Crippen LogP contribution in [0.15, 0.2) is 24.3 Å². The molecular formula is C17H22N2O6S. The maximum Gasteiger partial charge on any atom is 0.340 e. The molecule has 2 amide bonds. The number of para-hydroxylation sites is 1. The first-order valence-corrected chi connectivity index (χ1v) is 10.1. The number of ether oxygens (including phenoxy) is 1. The van der Waals surface area contributed by atoms with Gasteiger partial charge in [-0.2, -0.15) is 0 Å². The van der Waals surface area contributed by atoms with Crippen molar-refractivity contribution in [2.24, 2.45) is 0 Å². The van der Waals surface area contributed by atoms with Crippen LogP contribution in [0.1, 0.15) is 30.6 Å². The molecule has 0 aliphatic carbocycles. The molecule has 1 aliphatic heterocycles. The van der Waals surface area contributed by atoms with Crippen molar-refractivity contribution in [3.05, 3.63) is 29.8 Å². The van der Waals surface area contributed by atoms with Crippen LogP contribution in [0, 0.1) is 0 Å². The van der Waals surface area contributed by atoms with Gasteiger partial charge in [-0.05, 0) is 25.5 Å². The number of benzene rings is 1. The molecule has 1 saturated heterocycles. The van der Waals surface area contributed by atoms with Crippen LogP contribution in [-0.2, 0) is 24.2 Å². The normalized spacial score (nSPS) is 18.2. The number of rotatable bonds is 6. The third-order valence-electron chi connectivity index (χ3n) is 4.06. The van der Waals surface area contributed by atoms with Gasteiger partial charge in [0.1, 0.15) is 6.54 Å². The number of carbonyl (C=O) groups is 3. The summed E-state index contributed by atoms with van der Waals surface area (Å²) >= 11 is 0. The van der Waals surface area contributed by atoms with Crippen molar-refractivity contribution in [3.8, 4) is 0 Å². The molecule has 1 fully saturated rings. The molecule has 0 bridgehead atoms. The van der Waals surface area contributed by atoms with Crippen molar-refractivity contribution in [3.63, 3.8) is 0 Å². The second kappa shape index (κ2) is 8.31. The minimum atomic E-state index is -3.18. The number of amides is 2. The molecule has 1 N–H and O–H groups in total. The monoisotopic (exact) mass is 382 g/mol. The summed E-state index contributed by atoms with van der Waals surface area (Å²) in [5.74, 6) is -1.58. The third kappa shape index (κ3) is 5.04. The first-order chi connectivity index (χ1) is 12.2. The molecule has 142 valence electrons. The lowest BCUT2D eigenvalue weighted by Crippen LogP contribution is -2.44. The van der Waals surface area contributed by atoms with E-state index in [1.54, 1.807) is 25.1 Å². The smallest absolute Gasteiger partial charge is 0.340 e. The van der Waals surface area contributed by atoms with Crippen LogP contribution in [0.2, 0.25) is 0 Å². The van der Waals surface area contributed by atoms with Crippen molar-refractivity contribution in [1.82, 2.24) is 4.90 Å². The molecule has 1 unspecified atom stereocenters. The maximum atomic E-state index is 12.4. The van der Waals surface area contributed by atoms with E-state index in [2.05, 4.69) is 5.32 Å². The first kappa shape index (κ1) is 19.9. The molecule has 9 heteroatoms. The van der Waals surface area contributed by atoms with Crippen LogP contribution < -0.4 is 5.32 Å². The van der Waals surface area contributed by atoms with E-state index in [9.17, 15) is 22.8 Å². The van der Waals surface area contributed by atoms with E-state index in [0.717, 1.165) is 0 Å². The van der Waals surface area contributed by atoms with E-state index >= 15 is 0 Å². The number of carbonyl (C=O) groups excluding carboxylic acids is 3. The zero-order valence-corrected chi connectivity index (χ0v) is 15.5. The highest BCUT2D eigenvalue weighted by molar-refractivity contribution is 7.91. The summed E-state index contributed by atoms with van der Waals surface area (Å²) < 4.78 is 28.2. The van der Waals surface area contributed by atoms with Gasteiger partial charge in [0.2, 0.25) is 11.8 Å². The van der Waals surface area contributed by atoms with Crippen molar-refractivity contribution >= 4 is 33.3 Å². The number of sulfone groups is 1. The van der Waals surface area contributed by atoms with Gasteiger partial charge >= 0.3 is 5.97 Å². The highest BCUT2D eigenvalue weighted by atomic mass is 32.2. The van der Waals surface area contributed by atoms with Crippen LogP contribution in [-0.4, -0.2) is 61.8 Å². The molecule has 1 aliphatic rings. The maximum absolute atomic E-state index is 12.4.